The minimum absolute atomic E-state index is 0.675. The molecule has 34 heavy (non-hydrogen) atoms. The van der Waals surface area contributed by atoms with Crippen LogP contribution in [0.4, 0.5) is 0 Å². The van der Waals surface area contributed by atoms with Crippen LogP contribution in [0, 0.1) is 6.92 Å². The molecule has 0 saturated carbocycles. The van der Waals surface area contributed by atoms with Crippen molar-refractivity contribution in [2.45, 2.75) is 57.1 Å². The first-order chi connectivity index (χ1) is 16.6. The second-order valence-corrected chi connectivity index (χ2v) is 11.5. The molecule has 0 spiro atoms. The van der Waals surface area contributed by atoms with Gasteiger partial charge in [0.1, 0.15) is 0 Å². The van der Waals surface area contributed by atoms with E-state index in [2.05, 4.69) is 88.4 Å². The summed E-state index contributed by atoms with van der Waals surface area (Å²) >= 11 is 3.61. The Morgan fingerprint density at radius 2 is 2.00 bits per heavy atom. The second kappa shape index (κ2) is 10.6. The number of benzene rings is 2. The molecular formula is C28H34N4S2. The first-order valence-corrected chi connectivity index (χ1v) is 14.3. The lowest BCUT2D eigenvalue weighted by Gasteiger charge is -2.35. The molecule has 0 N–H and O–H groups in total. The molecule has 1 atom stereocenters. The van der Waals surface area contributed by atoms with Crippen molar-refractivity contribution in [1.29, 1.82) is 0 Å². The van der Waals surface area contributed by atoms with Crippen molar-refractivity contribution in [3.05, 3.63) is 64.5 Å². The van der Waals surface area contributed by atoms with Crippen molar-refractivity contribution in [2.75, 3.05) is 18.8 Å². The maximum atomic E-state index is 4.51. The molecule has 0 bridgehead atoms. The molecule has 1 unspecified atom stereocenters. The average Bonchev–Trinajstić information content (AvgIpc) is 3.46. The highest BCUT2D eigenvalue weighted by molar-refractivity contribution is 7.99. The number of fused-ring (bicyclic) bond motifs is 2. The lowest BCUT2D eigenvalue weighted by Crippen LogP contribution is -2.40. The summed E-state index contributed by atoms with van der Waals surface area (Å²) in [6.45, 7) is 6.86. The van der Waals surface area contributed by atoms with Crippen LogP contribution in [0.1, 0.15) is 42.9 Å². The van der Waals surface area contributed by atoms with E-state index in [0.717, 1.165) is 28.8 Å². The number of thiophene rings is 1. The zero-order valence-corrected chi connectivity index (χ0v) is 22.1. The van der Waals surface area contributed by atoms with Crippen molar-refractivity contribution >= 4 is 33.2 Å². The van der Waals surface area contributed by atoms with Gasteiger partial charge in [0.25, 0.3) is 0 Å². The van der Waals surface area contributed by atoms with Crippen molar-refractivity contribution < 1.29 is 0 Å². The highest BCUT2D eigenvalue weighted by atomic mass is 32.2. The van der Waals surface area contributed by atoms with Crippen LogP contribution in [0.2, 0.25) is 0 Å². The molecule has 4 aromatic rings. The third kappa shape index (κ3) is 5.09. The summed E-state index contributed by atoms with van der Waals surface area (Å²) in [7, 11) is 2.08. The summed E-state index contributed by atoms with van der Waals surface area (Å²) in [5.41, 5.74) is 5.65. The van der Waals surface area contributed by atoms with Gasteiger partial charge in [-0.1, -0.05) is 42.4 Å². The molecule has 5 rings (SSSR count). The number of thioether (sulfide) groups is 1. The Hall–Kier alpha value is -2.15. The number of aromatic nitrogens is 3. The van der Waals surface area contributed by atoms with Crippen LogP contribution in [0.25, 0.3) is 21.5 Å². The molecule has 4 nitrogen and oxygen atoms in total. The van der Waals surface area contributed by atoms with E-state index in [1.54, 1.807) is 22.5 Å². The molecular weight excluding hydrogens is 456 g/mol. The van der Waals surface area contributed by atoms with E-state index in [1.165, 1.54) is 54.3 Å². The molecule has 2 heterocycles. The van der Waals surface area contributed by atoms with Crippen molar-refractivity contribution in [3.63, 3.8) is 0 Å². The fraction of sp³-hybridized carbons (Fsp3) is 0.429. The highest BCUT2D eigenvalue weighted by Gasteiger charge is 2.23. The maximum absolute atomic E-state index is 4.51. The van der Waals surface area contributed by atoms with Crippen LogP contribution in [-0.4, -0.2) is 44.5 Å². The Morgan fingerprint density at radius 3 is 2.88 bits per heavy atom. The average molecular weight is 491 g/mol. The number of hydrogen-bond donors (Lipinski definition) is 0. The Kier molecular flexibility index (Phi) is 7.37. The molecule has 178 valence electrons. The lowest BCUT2D eigenvalue weighted by molar-refractivity contribution is 0.180. The third-order valence-electron chi connectivity index (χ3n) is 6.96. The van der Waals surface area contributed by atoms with E-state index in [9.17, 15) is 0 Å². The minimum Gasteiger partial charge on any atom is -0.305 e. The number of aryl methyl sites for hydroxylation is 2. The van der Waals surface area contributed by atoms with Crippen LogP contribution in [0.5, 0.6) is 0 Å². The van der Waals surface area contributed by atoms with Crippen LogP contribution >= 0.6 is 23.1 Å². The smallest absolute Gasteiger partial charge is 0.191 e. The minimum atomic E-state index is 0.675. The van der Waals surface area contributed by atoms with Crippen LogP contribution in [0.15, 0.2) is 53.0 Å². The SMILES string of the molecule is CCCN(CCCSc1nnc(-c2ccc3sccc3c2)n1C)C1CCc2cc(C)ccc2C1. The van der Waals surface area contributed by atoms with Crippen molar-refractivity contribution in [3.8, 4) is 11.4 Å². The molecule has 0 fully saturated rings. The molecule has 0 radical (unpaired) electrons. The zero-order chi connectivity index (χ0) is 23.5. The summed E-state index contributed by atoms with van der Waals surface area (Å²) in [5.74, 6) is 2.01. The fourth-order valence-electron chi connectivity index (χ4n) is 5.17. The number of nitrogens with zero attached hydrogens (tertiary/aromatic N) is 4. The van der Waals surface area contributed by atoms with Crippen LogP contribution in [-0.2, 0) is 19.9 Å². The summed E-state index contributed by atoms with van der Waals surface area (Å²) in [4.78, 5) is 2.74. The van der Waals surface area contributed by atoms with Crippen LogP contribution < -0.4 is 0 Å². The predicted molar refractivity (Wildman–Crippen MR) is 146 cm³/mol. The van der Waals surface area contributed by atoms with Gasteiger partial charge in [-0.15, -0.1) is 21.5 Å². The first kappa shape index (κ1) is 23.6. The molecule has 2 aromatic carbocycles. The number of rotatable bonds is 9. The quantitative estimate of drug-likeness (QED) is 0.192. The Balaban J connectivity index is 1.17. The summed E-state index contributed by atoms with van der Waals surface area (Å²) < 4.78 is 3.45. The van der Waals surface area contributed by atoms with E-state index in [1.807, 2.05) is 11.8 Å². The Labute approximate surface area is 211 Å². The molecule has 0 aliphatic heterocycles. The van der Waals surface area contributed by atoms with Crippen LogP contribution in [0.3, 0.4) is 0 Å². The molecule has 6 heteroatoms. The second-order valence-electron chi connectivity index (χ2n) is 9.45. The van der Waals surface area contributed by atoms with Gasteiger partial charge in [-0.05, 0) is 98.3 Å². The molecule has 2 aromatic heterocycles. The van der Waals surface area contributed by atoms with Gasteiger partial charge < -0.3 is 9.47 Å². The summed E-state index contributed by atoms with van der Waals surface area (Å²) in [6.07, 6.45) is 6.08. The van der Waals surface area contributed by atoms with Crippen molar-refractivity contribution in [1.82, 2.24) is 19.7 Å². The van der Waals surface area contributed by atoms with E-state index in [-0.39, 0.29) is 0 Å². The highest BCUT2D eigenvalue weighted by Crippen LogP contribution is 2.29. The van der Waals surface area contributed by atoms with Gasteiger partial charge in [0.2, 0.25) is 0 Å². The predicted octanol–water partition coefficient (Wildman–Crippen LogP) is 6.76. The maximum Gasteiger partial charge on any atom is 0.191 e. The summed E-state index contributed by atoms with van der Waals surface area (Å²) in [6, 6.07) is 16.4. The standard InChI is InChI=1S/C28H34N4S2/c1-4-13-32(25-10-8-21-17-20(2)6-7-22(21)19-25)14-5-15-34-28-30-29-27(31(28)3)24-9-11-26-23(18-24)12-16-33-26/h6-7,9,11-12,16-18,25H,4-5,8,10,13-15,19H2,1-3H3. The lowest BCUT2D eigenvalue weighted by atomic mass is 9.86. The molecule has 1 aliphatic carbocycles. The van der Waals surface area contributed by atoms with Gasteiger partial charge in [-0.3, -0.25) is 0 Å². The van der Waals surface area contributed by atoms with Gasteiger partial charge >= 0.3 is 0 Å². The monoisotopic (exact) mass is 490 g/mol. The van der Waals surface area contributed by atoms with Gasteiger partial charge in [-0.25, -0.2) is 0 Å². The third-order valence-corrected chi connectivity index (χ3v) is 8.96. The van der Waals surface area contributed by atoms with Gasteiger partial charge in [0.05, 0.1) is 0 Å². The van der Waals surface area contributed by atoms with E-state index >= 15 is 0 Å². The topological polar surface area (TPSA) is 34.0 Å². The Bertz CT molecular complexity index is 1260. The molecule has 0 saturated heterocycles. The largest absolute Gasteiger partial charge is 0.305 e. The normalized spacial score (nSPS) is 15.8. The first-order valence-electron chi connectivity index (χ1n) is 12.4. The van der Waals surface area contributed by atoms with Gasteiger partial charge in [0.15, 0.2) is 11.0 Å². The van der Waals surface area contributed by atoms with Crippen molar-refractivity contribution in [2.24, 2.45) is 7.05 Å². The van der Waals surface area contributed by atoms with E-state index in [0.29, 0.717) is 6.04 Å². The van der Waals surface area contributed by atoms with Gasteiger partial charge in [0, 0.05) is 29.1 Å². The zero-order valence-electron chi connectivity index (χ0n) is 20.5. The van der Waals surface area contributed by atoms with E-state index < -0.39 is 0 Å². The van der Waals surface area contributed by atoms with E-state index in [4.69, 9.17) is 0 Å². The molecule has 0 amide bonds. The Morgan fingerprint density at radius 1 is 1.09 bits per heavy atom. The molecule has 1 aliphatic rings. The van der Waals surface area contributed by atoms with Gasteiger partial charge in [-0.2, -0.15) is 0 Å². The fourth-order valence-corrected chi connectivity index (χ4v) is 6.77. The summed E-state index contributed by atoms with van der Waals surface area (Å²) in [5, 5.41) is 13.4. The number of hydrogen-bond acceptors (Lipinski definition) is 5.